The Morgan fingerprint density at radius 3 is 2.33 bits per heavy atom. The van der Waals surface area contributed by atoms with Crippen LogP contribution in [0.2, 0.25) is 0 Å². The summed E-state index contributed by atoms with van der Waals surface area (Å²) in [6, 6.07) is 11.6. The molecule has 5 nitrogen and oxygen atoms in total. The van der Waals surface area contributed by atoms with Crippen molar-refractivity contribution in [1.29, 1.82) is 0 Å². The van der Waals surface area contributed by atoms with Gasteiger partial charge in [-0.15, -0.1) is 0 Å². The van der Waals surface area contributed by atoms with Gasteiger partial charge in [0.25, 0.3) is 5.91 Å². The summed E-state index contributed by atoms with van der Waals surface area (Å²) in [7, 11) is 0. The van der Waals surface area contributed by atoms with Gasteiger partial charge in [0, 0.05) is 30.0 Å². The maximum atomic E-state index is 12.8. The molecule has 0 radical (unpaired) electrons. The van der Waals surface area contributed by atoms with Gasteiger partial charge in [0.15, 0.2) is 0 Å². The predicted octanol–water partition coefficient (Wildman–Crippen LogP) is 3.09. The fourth-order valence-corrected chi connectivity index (χ4v) is 6.20. The lowest BCUT2D eigenvalue weighted by Gasteiger charge is -2.62. The number of carbonyl (C=O) groups excluding carboxylic acids is 1. The molecule has 4 saturated carbocycles. The summed E-state index contributed by atoms with van der Waals surface area (Å²) in [6.07, 6.45) is 10.5. The summed E-state index contributed by atoms with van der Waals surface area (Å²) in [5.41, 5.74) is 1.64. The lowest BCUT2D eigenvalue weighted by atomic mass is 9.50. The second kappa shape index (κ2) is 6.41. The molecule has 27 heavy (non-hydrogen) atoms. The number of pyridine rings is 2. The Bertz CT molecular complexity index is 809. The number of amides is 1. The number of nitrogens with zero attached hydrogens (tertiary/aromatic N) is 2. The SMILES string of the molecule is O=C(NC12CC3CC(CC(NCc4ccccn4)(C3)C1)C2)c1ccccn1. The zero-order valence-electron chi connectivity index (χ0n) is 15.5. The molecule has 0 saturated heterocycles. The Balaban J connectivity index is 1.35. The van der Waals surface area contributed by atoms with E-state index >= 15 is 0 Å². The molecule has 4 aliphatic rings. The standard InChI is InChI=1S/C22H26N4O/c27-20(19-6-2-4-8-24-19)26-22-12-16-9-17(13-22)11-21(10-16,15-22)25-14-18-5-1-3-7-23-18/h1-8,16-17,25H,9-15H2,(H,26,27). The van der Waals surface area contributed by atoms with Crippen molar-refractivity contribution in [2.75, 3.05) is 0 Å². The highest BCUT2D eigenvalue weighted by atomic mass is 16.2. The van der Waals surface area contributed by atoms with Crippen molar-refractivity contribution in [2.45, 2.75) is 56.1 Å². The molecule has 2 unspecified atom stereocenters. The molecule has 0 aliphatic heterocycles. The first-order chi connectivity index (χ1) is 13.1. The topological polar surface area (TPSA) is 66.9 Å². The fraction of sp³-hybridized carbons (Fsp3) is 0.500. The quantitative estimate of drug-likeness (QED) is 0.858. The number of rotatable bonds is 5. The van der Waals surface area contributed by atoms with E-state index in [2.05, 4.69) is 26.7 Å². The molecule has 4 aliphatic carbocycles. The third-order valence-corrected chi connectivity index (χ3v) is 6.71. The van der Waals surface area contributed by atoms with Crippen LogP contribution in [-0.2, 0) is 6.54 Å². The largest absolute Gasteiger partial charge is 0.345 e. The summed E-state index contributed by atoms with van der Waals surface area (Å²) < 4.78 is 0. The van der Waals surface area contributed by atoms with Crippen molar-refractivity contribution in [3.8, 4) is 0 Å². The van der Waals surface area contributed by atoms with Gasteiger partial charge in [-0.2, -0.15) is 0 Å². The molecule has 4 bridgehead atoms. The van der Waals surface area contributed by atoms with E-state index in [0.29, 0.717) is 17.5 Å². The van der Waals surface area contributed by atoms with Crippen molar-refractivity contribution in [1.82, 2.24) is 20.6 Å². The van der Waals surface area contributed by atoms with Gasteiger partial charge in [0.2, 0.25) is 0 Å². The Morgan fingerprint density at radius 2 is 1.67 bits per heavy atom. The zero-order valence-corrected chi connectivity index (χ0v) is 15.5. The minimum atomic E-state index is -0.0875. The molecule has 1 amide bonds. The van der Waals surface area contributed by atoms with Crippen LogP contribution in [0.15, 0.2) is 48.8 Å². The summed E-state index contributed by atoms with van der Waals surface area (Å²) in [6.45, 7) is 0.796. The molecule has 0 spiro atoms. The van der Waals surface area contributed by atoms with Gasteiger partial charge in [0.1, 0.15) is 5.69 Å². The van der Waals surface area contributed by atoms with Gasteiger partial charge in [0.05, 0.1) is 5.69 Å². The minimum absolute atomic E-state index is 0.0302. The van der Waals surface area contributed by atoms with Crippen LogP contribution in [0.25, 0.3) is 0 Å². The number of hydrogen-bond acceptors (Lipinski definition) is 4. The Morgan fingerprint density at radius 1 is 0.963 bits per heavy atom. The zero-order chi connectivity index (χ0) is 18.3. The number of hydrogen-bond donors (Lipinski definition) is 2. The van der Waals surface area contributed by atoms with Gasteiger partial charge in [-0.1, -0.05) is 12.1 Å². The van der Waals surface area contributed by atoms with Crippen LogP contribution >= 0.6 is 0 Å². The normalized spacial score (nSPS) is 33.8. The van der Waals surface area contributed by atoms with Gasteiger partial charge in [-0.25, -0.2) is 0 Å². The van der Waals surface area contributed by atoms with Crippen molar-refractivity contribution in [2.24, 2.45) is 11.8 Å². The molecular weight excluding hydrogens is 336 g/mol. The number of aromatic nitrogens is 2. The van der Waals surface area contributed by atoms with E-state index in [0.717, 1.165) is 31.5 Å². The Hall–Kier alpha value is -2.27. The molecule has 140 valence electrons. The second-order valence-electron chi connectivity index (χ2n) is 8.87. The molecule has 0 aromatic carbocycles. The van der Waals surface area contributed by atoms with Crippen molar-refractivity contribution >= 4 is 5.91 Å². The first-order valence-corrected chi connectivity index (χ1v) is 10.0. The highest BCUT2D eigenvalue weighted by Gasteiger charge is 2.58. The van der Waals surface area contributed by atoms with E-state index in [1.54, 1.807) is 12.3 Å². The lowest BCUT2D eigenvalue weighted by Crippen LogP contribution is -2.69. The molecule has 2 aromatic heterocycles. The average molecular weight is 362 g/mol. The van der Waals surface area contributed by atoms with Gasteiger partial charge >= 0.3 is 0 Å². The maximum Gasteiger partial charge on any atom is 0.270 e. The summed E-state index contributed by atoms with van der Waals surface area (Å²) in [4.78, 5) is 21.5. The third kappa shape index (κ3) is 3.25. The van der Waals surface area contributed by atoms with Crippen LogP contribution in [0.1, 0.15) is 54.7 Å². The summed E-state index contributed by atoms with van der Waals surface area (Å²) >= 11 is 0. The van der Waals surface area contributed by atoms with Crippen LogP contribution in [0.4, 0.5) is 0 Å². The molecule has 2 aromatic rings. The molecule has 6 rings (SSSR count). The molecular formula is C22H26N4O. The monoisotopic (exact) mass is 362 g/mol. The van der Waals surface area contributed by atoms with Crippen molar-refractivity contribution < 1.29 is 4.79 Å². The van der Waals surface area contributed by atoms with Crippen LogP contribution < -0.4 is 10.6 Å². The Kier molecular flexibility index (Phi) is 4.01. The summed E-state index contributed by atoms with van der Waals surface area (Å²) in [5.74, 6) is 1.37. The first-order valence-electron chi connectivity index (χ1n) is 10.0. The molecule has 5 heteroatoms. The number of carbonyl (C=O) groups is 1. The van der Waals surface area contributed by atoms with E-state index in [-0.39, 0.29) is 17.0 Å². The Labute approximate surface area is 160 Å². The molecule has 2 N–H and O–H groups in total. The van der Waals surface area contributed by atoms with Gasteiger partial charge in [-0.3, -0.25) is 14.8 Å². The van der Waals surface area contributed by atoms with Crippen molar-refractivity contribution in [3.05, 3.63) is 60.2 Å². The van der Waals surface area contributed by atoms with Crippen LogP contribution in [0.5, 0.6) is 0 Å². The smallest absolute Gasteiger partial charge is 0.270 e. The summed E-state index contributed by atoms with van der Waals surface area (Å²) in [5, 5.41) is 7.26. The highest BCUT2D eigenvalue weighted by Crippen LogP contribution is 2.57. The minimum Gasteiger partial charge on any atom is -0.345 e. The average Bonchev–Trinajstić information content (AvgIpc) is 2.67. The lowest BCUT2D eigenvalue weighted by molar-refractivity contribution is -0.0493. The van der Waals surface area contributed by atoms with Crippen LogP contribution in [0.3, 0.4) is 0 Å². The highest BCUT2D eigenvalue weighted by molar-refractivity contribution is 5.92. The van der Waals surface area contributed by atoms with E-state index in [9.17, 15) is 4.79 Å². The maximum absolute atomic E-state index is 12.8. The fourth-order valence-electron chi connectivity index (χ4n) is 6.20. The number of nitrogens with one attached hydrogen (secondary N) is 2. The molecule has 2 heterocycles. The molecule has 4 fully saturated rings. The predicted molar refractivity (Wildman–Crippen MR) is 103 cm³/mol. The van der Waals surface area contributed by atoms with Crippen LogP contribution in [-0.4, -0.2) is 27.0 Å². The van der Waals surface area contributed by atoms with E-state index in [1.807, 2.05) is 30.5 Å². The van der Waals surface area contributed by atoms with Gasteiger partial charge in [-0.05, 0) is 74.6 Å². The third-order valence-electron chi connectivity index (χ3n) is 6.71. The van der Waals surface area contributed by atoms with E-state index in [4.69, 9.17) is 0 Å². The van der Waals surface area contributed by atoms with E-state index < -0.39 is 0 Å². The second-order valence-corrected chi connectivity index (χ2v) is 8.87. The first kappa shape index (κ1) is 16.9. The van der Waals surface area contributed by atoms with Crippen molar-refractivity contribution in [3.63, 3.8) is 0 Å². The van der Waals surface area contributed by atoms with Crippen LogP contribution in [0, 0.1) is 11.8 Å². The van der Waals surface area contributed by atoms with Gasteiger partial charge < -0.3 is 10.6 Å². The molecule has 2 atom stereocenters. The van der Waals surface area contributed by atoms with E-state index in [1.165, 1.54) is 19.3 Å².